The summed E-state index contributed by atoms with van der Waals surface area (Å²) in [5.74, 6) is -0.226. The van der Waals surface area contributed by atoms with Crippen molar-refractivity contribution in [3.63, 3.8) is 0 Å². The Hall–Kier alpha value is -2.37. The zero-order valence-electron chi connectivity index (χ0n) is 10.1. The lowest BCUT2D eigenvalue weighted by atomic mass is 10.1. The van der Waals surface area contributed by atoms with Crippen LogP contribution in [0, 0.1) is 10.1 Å². The SMILES string of the molecule is CCOC(=O)C=C(OC)c1ccc([N+](=O)[O-])cc1. The van der Waals surface area contributed by atoms with Gasteiger partial charge in [-0.1, -0.05) is 0 Å². The van der Waals surface area contributed by atoms with Gasteiger partial charge >= 0.3 is 5.97 Å². The van der Waals surface area contributed by atoms with Crippen LogP contribution in [-0.2, 0) is 14.3 Å². The first-order chi connectivity index (χ1) is 8.58. The second-order valence-corrected chi connectivity index (χ2v) is 3.27. The van der Waals surface area contributed by atoms with Crippen molar-refractivity contribution in [3.8, 4) is 0 Å². The summed E-state index contributed by atoms with van der Waals surface area (Å²) in [5, 5.41) is 10.5. The van der Waals surface area contributed by atoms with E-state index in [-0.39, 0.29) is 12.3 Å². The van der Waals surface area contributed by atoms with Crippen molar-refractivity contribution in [2.75, 3.05) is 13.7 Å². The van der Waals surface area contributed by atoms with Crippen LogP contribution in [0.15, 0.2) is 30.3 Å². The molecule has 0 unspecified atom stereocenters. The van der Waals surface area contributed by atoms with E-state index in [2.05, 4.69) is 0 Å². The Balaban J connectivity index is 2.95. The van der Waals surface area contributed by atoms with E-state index in [1.54, 1.807) is 6.92 Å². The molecule has 0 saturated carbocycles. The lowest BCUT2D eigenvalue weighted by molar-refractivity contribution is -0.384. The second kappa shape index (κ2) is 6.39. The van der Waals surface area contributed by atoms with Crippen LogP contribution in [0.2, 0.25) is 0 Å². The molecule has 6 heteroatoms. The molecule has 6 nitrogen and oxygen atoms in total. The van der Waals surface area contributed by atoms with E-state index >= 15 is 0 Å². The molecule has 0 amide bonds. The largest absolute Gasteiger partial charge is 0.496 e. The van der Waals surface area contributed by atoms with E-state index in [9.17, 15) is 14.9 Å². The van der Waals surface area contributed by atoms with Crippen LogP contribution in [-0.4, -0.2) is 24.6 Å². The molecule has 0 spiro atoms. The number of nitro groups is 1. The molecule has 0 fully saturated rings. The zero-order valence-corrected chi connectivity index (χ0v) is 10.1. The number of non-ortho nitro benzene ring substituents is 1. The Kier molecular flexibility index (Phi) is 4.86. The summed E-state index contributed by atoms with van der Waals surface area (Å²) in [5.41, 5.74) is 0.543. The highest BCUT2D eigenvalue weighted by molar-refractivity contribution is 5.89. The molecule has 0 aliphatic heterocycles. The maximum absolute atomic E-state index is 11.3. The topological polar surface area (TPSA) is 78.7 Å². The zero-order chi connectivity index (χ0) is 13.5. The van der Waals surface area contributed by atoms with Gasteiger partial charge in [-0.3, -0.25) is 10.1 Å². The Bertz CT molecular complexity index is 464. The van der Waals surface area contributed by atoms with E-state index < -0.39 is 10.9 Å². The molecule has 0 heterocycles. The van der Waals surface area contributed by atoms with Crippen molar-refractivity contribution in [3.05, 3.63) is 46.0 Å². The third kappa shape index (κ3) is 3.58. The van der Waals surface area contributed by atoms with E-state index in [0.717, 1.165) is 0 Å². The predicted molar refractivity (Wildman–Crippen MR) is 64.7 cm³/mol. The molecule has 0 N–H and O–H groups in total. The molecule has 0 aromatic heterocycles. The number of carbonyl (C=O) groups excluding carboxylic acids is 1. The van der Waals surface area contributed by atoms with Crippen LogP contribution in [0.5, 0.6) is 0 Å². The van der Waals surface area contributed by atoms with E-state index in [1.165, 1.54) is 37.5 Å². The molecule has 0 aliphatic rings. The molecular formula is C12H13NO5. The smallest absolute Gasteiger partial charge is 0.334 e. The standard InChI is InChI=1S/C12H13NO5/c1-3-18-12(14)8-11(17-2)9-4-6-10(7-5-9)13(15)16/h4-8H,3H2,1-2H3. The molecule has 96 valence electrons. The predicted octanol–water partition coefficient (Wildman–Crippen LogP) is 2.15. The van der Waals surface area contributed by atoms with Crippen LogP contribution in [0.25, 0.3) is 5.76 Å². The van der Waals surface area contributed by atoms with Crippen molar-refractivity contribution in [1.29, 1.82) is 0 Å². The normalized spacial score (nSPS) is 10.9. The Morgan fingerprint density at radius 3 is 2.44 bits per heavy atom. The number of nitro benzene ring substituents is 1. The number of methoxy groups -OCH3 is 1. The fourth-order valence-corrected chi connectivity index (χ4v) is 1.30. The number of carbonyl (C=O) groups is 1. The third-order valence-electron chi connectivity index (χ3n) is 2.12. The molecule has 1 rings (SSSR count). The van der Waals surface area contributed by atoms with Crippen LogP contribution in [0.3, 0.4) is 0 Å². The quantitative estimate of drug-likeness (QED) is 0.263. The minimum absolute atomic E-state index is 0.0228. The first kappa shape index (κ1) is 13.7. The van der Waals surface area contributed by atoms with Gasteiger partial charge in [0.15, 0.2) is 0 Å². The second-order valence-electron chi connectivity index (χ2n) is 3.27. The minimum atomic E-state index is -0.521. The van der Waals surface area contributed by atoms with Gasteiger partial charge in [-0.05, 0) is 19.1 Å². The van der Waals surface area contributed by atoms with Crippen LogP contribution < -0.4 is 0 Å². The maximum Gasteiger partial charge on any atom is 0.334 e. The van der Waals surface area contributed by atoms with Crippen molar-refractivity contribution in [2.24, 2.45) is 0 Å². The highest BCUT2D eigenvalue weighted by Gasteiger charge is 2.09. The van der Waals surface area contributed by atoms with Gasteiger partial charge in [0.25, 0.3) is 5.69 Å². The van der Waals surface area contributed by atoms with Crippen molar-refractivity contribution >= 4 is 17.4 Å². The Morgan fingerprint density at radius 1 is 1.39 bits per heavy atom. The monoisotopic (exact) mass is 251 g/mol. The van der Waals surface area contributed by atoms with Crippen LogP contribution in [0.4, 0.5) is 5.69 Å². The fraction of sp³-hybridized carbons (Fsp3) is 0.250. The molecule has 1 aromatic carbocycles. The molecule has 0 saturated heterocycles. The number of nitrogens with zero attached hydrogens (tertiary/aromatic N) is 1. The van der Waals surface area contributed by atoms with E-state index in [0.29, 0.717) is 11.3 Å². The summed E-state index contributed by atoms with van der Waals surface area (Å²) in [4.78, 5) is 21.3. The summed E-state index contributed by atoms with van der Waals surface area (Å²) in [6, 6.07) is 5.69. The van der Waals surface area contributed by atoms with Gasteiger partial charge in [0.05, 0.1) is 24.7 Å². The number of rotatable bonds is 5. The van der Waals surface area contributed by atoms with Gasteiger partial charge in [0, 0.05) is 17.7 Å². The van der Waals surface area contributed by atoms with Crippen molar-refractivity contribution in [1.82, 2.24) is 0 Å². The summed E-state index contributed by atoms with van der Waals surface area (Å²) < 4.78 is 9.80. The summed E-state index contributed by atoms with van der Waals surface area (Å²) in [6.45, 7) is 1.97. The van der Waals surface area contributed by atoms with Gasteiger partial charge in [-0.15, -0.1) is 0 Å². The van der Waals surface area contributed by atoms with E-state index in [4.69, 9.17) is 9.47 Å². The van der Waals surface area contributed by atoms with Gasteiger partial charge in [0.1, 0.15) is 5.76 Å². The van der Waals surface area contributed by atoms with Gasteiger partial charge < -0.3 is 9.47 Å². The Labute approximate surface area is 104 Å². The molecule has 18 heavy (non-hydrogen) atoms. The number of hydrogen-bond acceptors (Lipinski definition) is 5. The Morgan fingerprint density at radius 2 is 2.00 bits per heavy atom. The van der Waals surface area contributed by atoms with Gasteiger partial charge in [-0.2, -0.15) is 0 Å². The average Bonchev–Trinajstić information content (AvgIpc) is 2.36. The third-order valence-corrected chi connectivity index (χ3v) is 2.12. The highest BCUT2D eigenvalue weighted by Crippen LogP contribution is 2.19. The summed E-state index contributed by atoms with van der Waals surface area (Å²) >= 11 is 0. The molecule has 1 aromatic rings. The molecule has 0 radical (unpaired) electrons. The minimum Gasteiger partial charge on any atom is -0.496 e. The lowest BCUT2D eigenvalue weighted by Gasteiger charge is -2.06. The molecule has 0 aliphatic carbocycles. The van der Waals surface area contributed by atoms with Crippen LogP contribution >= 0.6 is 0 Å². The van der Waals surface area contributed by atoms with Crippen LogP contribution in [0.1, 0.15) is 12.5 Å². The fourth-order valence-electron chi connectivity index (χ4n) is 1.30. The van der Waals surface area contributed by atoms with Crippen molar-refractivity contribution < 1.29 is 19.2 Å². The first-order valence-corrected chi connectivity index (χ1v) is 5.25. The summed E-state index contributed by atoms with van der Waals surface area (Å²) in [7, 11) is 1.41. The molecular weight excluding hydrogens is 238 g/mol. The van der Waals surface area contributed by atoms with Gasteiger partial charge in [0.2, 0.25) is 0 Å². The summed E-state index contributed by atoms with van der Waals surface area (Å²) in [6.07, 6.45) is 1.20. The first-order valence-electron chi connectivity index (χ1n) is 5.25. The molecule has 0 bridgehead atoms. The van der Waals surface area contributed by atoms with Gasteiger partial charge in [-0.25, -0.2) is 4.79 Å². The number of hydrogen-bond donors (Lipinski definition) is 0. The van der Waals surface area contributed by atoms with E-state index in [1.807, 2.05) is 0 Å². The van der Waals surface area contributed by atoms with Crippen molar-refractivity contribution in [2.45, 2.75) is 6.92 Å². The maximum atomic E-state index is 11.3. The average molecular weight is 251 g/mol. The highest BCUT2D eigenvalue weighted by atomic mass is 16.6. The number of ether oxygens (including phenoxy) is 2. The molecule has 0 atom stereocenters. The number of benzene rings is 1. The lowest BCUT2D eigenvalue weighted by Crippen LogP contribution is -2.02. The number of esters is 1.